The zero-order valence-corrected chi connectivity index (χ0v) is 28.3. The van der Waals surface area contributed by atoms with Crippen LogP contribution >= 0.6 is 0 Å². The number of hydrogen-bond donors (Lipinski definition) is 2. The van der Waals surface area contributed by atoms with Crippen molar-refractivity contribution in [2.45, 2.75) is 35.6 Å². The van der Waals surface area contributed by atoms with Crippen molar-refractivity contribution in [2.75, 3.05) is 20.0 Å². The summed E-state index contributed by atoms with van der Waals surface area (Å²) in [6.07, 6.45) is -4.01. The van der Waals surface area contributed by atoms with Crippen molar-refractivity contribution >= 4 is 0 Å². The third-order valence-corrected chi connectivity index (χ3v) is 9.63. The van der Waals surface area contributed by atoms with Crippen LogP contribution in [0, 0.1) is 0 Å². The second-order valence-corrected chi connectivity index (χ2v) is 12.7. The molecule has 1 fully saturated rings. The fourth-order valence-electron chi connectivity index (χ4n) is 7.19. The topological polar surface area (TPSA) is 77.4 Å². The second-order valence-electron chi connectivity index (χ2n) is 12.7. The molecule has 0 aliphatic carbocycles. The molecule has 258 valence electrons. The van der Waals surface area contributed by atoms with Gasteiger partial charge in [0.2, 0.25) is 0 Å². The van der Waals surface area contributed by atoms with Crippen LogP contribution in [0.5, 0.6) is 0 Å². The lowest BCUT2D eigenvalue weighted by Gasteiger charge is -2.38. The second kappa shape index (κ2) is 16.0. The molecule has 6 aromatic rings. The molecule has 0 amide bonds. The lowest BCUT2D eigenvalue weighted by molar-refractivity contribution is -0.112. The first-order valence-electron chi connectivity index (χ1n) is 17.3. The van der Waals surface area contributed by atoms with Crippen LogP contribution < -0.4 is 0 Å². The highest BCUT2D eigenvalue weighted by molar-refractivity contribution is 5.49. The molecular formula is C45H42O6. The summed E-state index contributed by atoms with van der Waals surface area (Å²) < 4.78 is 25.7. The van der Waals surface area contributed by atoms with E-state index in [4.69, 9.17) is 18.9 Å². The Morgan fingerprint density at radius 2 is 0.627 bits per heavy atom. The van der Waals surface area contributed by atoms with Gasteiger partial charge in [0.1, 0.15) is 42.4 Å². The standard InChI is InChI=1S/C45H42O6/c46-40(31-50-44(34-19-7-1-8-20-34,35-21-9-2-10-22-35)36-23-11-3-12-24-36)42-43(49-33-48-42)41(47)32-51-45(37-25-13-4-14-26-37,38-27-15-5-16-28-38)39-29-17-6-18-30-39/h1-30,40-43,46-47H,31-33H2/t40-,41+,42-,43-/m0/s1. The Bertz CT molecular complexity index is 1570. The van der Waals surface area contributed by atoms with E-state index in [0.717, 1.165) is 33.4 Å². The molecule has 6 heteroatoms. The third kappa shape index (κ3) is 7.03. The van der Waals surface area contributed by atoms with Gasteiger partial charge in [-0.15, -0.1) is 0 Å². The van der Waals surface area contributed by atoms with Crippen LogP contribution in [-0.2, 0) is 30.1 Å². The molecule has 6 aromatic carbocycles. The SMILES string of the molecule is O[C@H](COC(c1ccccc1)(c1ccccc1)c1ccccc1)[C@@H]1OCO[C@H]1[C@@H](O)COC(c1ccccc1)(c1ccccc1)c1ccccc1. The van der Waals surface area contributed by atoms with Crippen LogP contribution in [0.2, 0.25) is 0 Å². The van der Waals surface area contributed by atoms with Crippen molar-refractivity contribution < 1.29 is 29.2 Å². The fourth-order valence-corrected chi connectivity index (χ4v) is 7.19. The van der Waals surface area contributed by atoms with Crippen molar-refractivity contribution in [1.82, 2.24) is 0 Å². The highest BCUT2D eigenvalue weighted by Crippen LogP contribution is 2.42. The largest absolute Gasteiger partial charge is 0.388 e. The Morgan fingerprint density at radius 1 is 0.412 bits per heavy atom. The Morgan fingerprint density at radius 3 is 0.843 bits per heavy atom. The summed E-state index contributed by atoms with van der Waals surface area (Å²) >= 11 is 0. The van der Waals surface area contributed by atoms with Crippen molar-refractivity contribution in [3.63, 3.8) is 0 Å². The summed E-state index contributed by atoms with van der Waals surface area (Å²) in [7, 11) is 0. The van der Waals surface area contributed by atoms with Crippen LogP contribution in [0.3, 0.4) is 0 Å². The lowest BCUT2D eigenvalue weighted by atomic mass is 9.80. The van der Waals surface area contributed by atoms with Gasteiger partial charge in [-0.2, -0.15) is 0 Å². The monoisotopic (exact) mass is 678 g/mol. The Kier molecular flexibility index (Phi) is 10.8. The molecule has 6 nitrogen and oxygen atoms in total. The van der Waals surface area contributed by atoms with Crippen molar-refractivity contribution in [1.29, 1.82) is 0 Å². The molecule has 1 saturated heterocycles. The lowest BCUT2D eigenvalue weighted by Crippen LogP contribution is -2.48. The van der Waals surface area contributed by atoms with Gasteiger partial charge >= 0.3 is 0 Å². The minimum atomic E-state index is -1.13. The summed E-state index contributed by atoms with van der Waals surface area (Å²) in [6, 6.07) is 60.0. The number of aliphatic hydroxyl groups excluding tert-OH is 2. The average molecular weight is 679 g/mol. The minimum Gasteiger partial charge on any atom is -0.388 e. The number of benzene rings is 6. The molecule has 0 aromatic heterocycles. The fraction of sp³-hybridized carbons (Fsp3) is 0.200. The van der Waals surface area contributed by atoms with Crippen LogP contribution in [0.25, 0.3) is 0 Å². The van der Waals surface area contributed by atoms with Gasteiger partial charge in [-0.05, 0) is 33.4 Å². The molecule has 51 heavy (non-hydrogen) atoms. The van der Waals surface area contributed by atoms with E-state index < -0.39 is 35.6 Å². The van der Waals surface area contributed by atoms with Gasteiger partial charge in [0, 0.05) is 0 Å². The molecule has 0 unspecified atom stereocenters. The van der Waals surface area contributed by atoms with E-state index in [0.29, 0.717) is 0 Å². The molecule has 2 N–H and O–H groups in total. The number of hydrogen-bond acceptors (Lipinski definition) is 6. The quantitative estimate of drug-likeness (QED) is 0.117. The van der Waals surface area contributed by atoms with E-state index in [2.05, 4.69) is 0 Å². The first-order valence-corrected chi connectivity index (χ1v) is 17.3. The Labute approximate surface area is 299 Å². The van der Waals surface area contributed by atoms with Crippen molar-refractivity contribution in [2.24, 2.45) is 0 Å². The van der Waals surface area contributed by atoms with E-state index in [1.54, 1.807) is 0 Å². The molecule has 0 spiro atoms. The highest BCUT2D eigenvalue weighted by Gasteiger charge is 2.45. The van der Waals surface area contributed by atoms with Crippen LogP contribution in [-0.4, -0.2) is 54.6 Å². The summed E-state index contributed by atoms with van der Waals surface area (Å²) in [4.78, 5) is 0. The molecule has 0 radical (unpaired) electrons. The zero-order chi connectivity index (χ0) is 34.9. The molecule has 1 aliphatic heterocycles. The smallest absolute Gasteiger partial charge is 0.148 e. The normalized spacial score (nSPS) is 17.5. The van der Waals surface area contributed by atoms with Gasteiger partial charge in [-0.1, -0.05) is 182 Å². The van der Waals surface area contributed by atoms with Gasteiger partial charge in [0.25, 0.3) is 0 Å². The maximum absolute atomic E-state index is 11.8. The summed E-state index contributed by atoms with van der Waals surface area (Å²) in [5, 5.41) is 23.5. The predicted molar refractivity (Wildman–Crippen MR) is 197 cm³/mol. The Balaban J connectivity index is 1.16. The number of rotatable bonds is 14. The van der Waals surface area contributed by atoms with E-state index in [-0.39, 0.29) is 20.0 Å². The highest BCUT2D eigenvalue weighted by atomic mass is 16.7. The predicted octanol–water partition coefficient (Wildman–Crippen LogP) is 7.47. The van der Waals surface area contributed by atoms with Crippen LogP contribution in [0.1, 0.15) is 33.4 Å². The molecule has 1 aliphatic rings. The first kappa shape index (κ1) is 34.5. The van der Waals surface area contributed by atoms with Gasteiger partial charge in [-0.25, -0.2) is 0 Å². The molecule has 1 heterocycles. The minimum absolute atomic E-state index is 0.0775. The number of aliphatic hydroxyl groups is 2. The molecule has 7 rings (SSSR count). The zero-order valence-electron chi connectivity index (χ0n) is 28.3. The first-order chi connectivity index (χ1) is 25.1. The molecule has 0 saturated carbocycles. The van der Waals surface area contributed by atoms with Gasteiger partial charge in [-0.3, -0.25) is 0 Å². The summed E-state index contributed by atoms with van der Waals surface area (Å²) in [5.41, 5.74) is 3.46. The van der Waals surface area contributed by atoms with Crippen LogP contribution in [0.4, 0.5) is 0 Å². The maximum Gasteiger partial charge on any atom is 0.148 e. The number of ether oxygens (including phenoxy) is 4. The van der Waals surface area contributed by atoms with E-state index in [9.17, 15) is 10.2 Å². The average Bonchev–Trinajstić information content (AvgIpc) is 3.72. The van der Waals surface area contributed by atoms with Crippen LogP contribution in [0.15, 0.2) is 182 Å². The van der Waals surface area contributed by atoms with Crippen molar-refractivity contribution in [3.05, 3.63) is 215 Å². The summed E-state index contributed by atoms with van der Waals surface area (Å²) in [6.45, 7) is -0.274. The van der Waals surface area contributed by atoms with E-state index >= 15 is 0 Å². The van der Waals surface area contributed by atoms with Gasteiger partial charge < -0.3 is 29.2 Å². The molecule has 4 atom stereocenters. The van der Waals surface area contributed by atoms with E-state index in [1.807, 2.05) is 182 Å². The Hall–Kier alpha value is -4.92. The van der Waals surface area contributed by atoms with Gasteiger partial charge in [0.05, 0.1) is 13.2 Å². The maximum atomic E-state index is 11.8. The molecule has 0 bridgehead atoms. The third-order valence-electron chi connectivity index (χ3n) is 9.63. The van der Waals surface area contributed by atoms with Crippen molar-refractivity contribution in [3.8, 4) is 0 Å². The molecular weight excluding hydrogens is 636 g/mol. The summed E-state index contributed by atoms with van der Waals surface area (Å²) in [5.74, 6) is 0. The van der Waals surface area contributed by atoms with Gasteiger partial charge in [0.15, 0.2) is 0 Å². The van der Waals surface area contributed by atoms with E-state index in [1.165, 1.54) is 0 Å².